The maximum atomic E-state index is 11.5. The summed E-state index contributed by atoms with van der Waals surface area (Å²) in [5.74, 6) is 0.476. The zero-order chi connectivity index (χ0) is 16.7. The van der Waals surface area contributed by atoms with Crippen molar-refractivity contribution in [2.24, 2.45) is 4.99 Å². The molecule has 1 aliphatic heterocycles. The molecule has 1 aromatic heterocycles. The fraction of sp³-hybridized carbons (Fsp3) is 0.571. The summed E-state index contributed by atoms with van der Waals surface area (Å²) in [6.45, 7) is 6.20. The molecule has 1 saturated heterocycles. The Morgan fingerprint density at radius 2 is 2.30 bits per heavy atom. The number of nitrogens with zero attached hydrogens (tertiary/aromatic N) is 3. The van der Waals surface area contributed by atoms with Crippen LogP contribution in [-0.2, 0) is 11.2 Å². The van der Waals surface area contributed by atoms with Crippen molar-refractivity contribution < 1.29 is 9.59 Å². The lowest BCUT2D eigenvalue weighted by Crippen LogP contribution is -2.43. The van der Waals surface area contributed by atoms with Crippen molar-refractivity contribution in [1.82, 2.24) is 25.8 Å². The van der Waals surface area contributed by atoms with Gasteiger partial charge in [0.2, 0.25) is 5.91 Å². The van der Waals surface area contributed by atoms with Gasteiger partial charge in [0.15, 0.2) is 5.96 Å². The molecule has 126 valence electrons. The van der Waals surface area contributed by atoms with Gasteiger partial charge in [0.05, 0.1) is 17.2 Å². The fourth-order valence-electron chi connectivity index (χ4n) is 2.11. The van der Waals surface area contributed by atoms with Crippen molar-refractivity contribution in [2.75, 3.05) is 32.7 Å². The third-order valence-corrected chi connectivity index (χ3v) is 4.04. The van der Waals surface area contributed by atoms with Crippen LogP contribution >= 0.6 is 11.3 Å². The number of aliphatic imine (C=N–C) groups is 1. The van der Waals surface area contributed by atoms with Gasteiger partial charge in [-0.2, -0.15) is 0 Å². The van der Waals surface area contributed by atoms with Crippen LogP contribution in [0, 0.1) is 6.92 Å². The third-order valence-electron chi connectivity index (χ3n) is 3.21. The first-order valence-corrected chi connectivity index (χ1v) is 8.49. The van der Waals surface area contributed by atoms with Crippen LogP contribution in [0.15, 0.2) is 10.4 Å². The molecule has 0 aromatic carbocycles. The molecule has 0 unspecified atom stereocenters. The Morgan fingerprint density at radius 3 is 2.91 bits per heavy atom. The van der Waals surface area contributed by atoms with E-state index in [0.29, 0.717) is 25.6 Å². The van der Waals surface area contributed by atoms with Crippen LogP contribution in [0.25, 0.3) is 0 Å². The highest BCUT2D eigenvalue weighted by atomic mass is 32.1. The van der Waals surface area contributed by atoms with Gasteiger partial charge in [0.1, 0.15) is 0 Å². The van der Waals surface area contributed by atoms with Gasteiger partial charge >= 0.3 is 6.03 Å². The topological polar surface area (TPSA) is 98.7 Å². The summed E-state index contributed by atoms with van der Waals surface area (Å²) in [6.07, 6.45) is 0.786. The van der Waals surface area contributed by atoms with Gasteiger partial charge in [0.25, 0.3) is 0 Å². The minimum absolute atomic E-state index is 0.0834. The standard InChI is InChI=1S/C14H22N6O2S/c1-3-15-13(16-5-4-11-9-23-10(2)19-11)17-6-7-20-12(21)8-18-14(20)22/h9H,3-8H2,1-2H3,(H,18,22)(H2,15,16,17). The molecule has 0 spiro atoms. The summed E-state index contributed by atoms with van der Waals surface area (Å²) in [5.41, 5.74) is 1.05. The molecular formula is C14H22N6O2S. The molecule has 0 saturated carbocycles. The Bertz CT molecular complexity index is 570. The Hall–Kier alpha value is -2.16. The summed E-state index contributed by atoms with van der Waals surface area (Å²) >= 11 is 1.64. The number of amides is 3. The van der Waals surface area contributed by atoms with E-state index >= 15 is 0 Å². The van der Waals surface area contributed by atoms with Crippen LogP contribution in [-0.4, -0.2) is 60.5 Å². The number of urea groups is 1. The number of nitrogens with one attached hydrogen (secondary N) is 3. The molecule has 1 fully saturated rings. The maximum Gasteiger partial charge on any atom is 0.324 e. The highest BCUT2D eigenvalue weighted by Gasteiger charge is 2.27. The molecule has 2 heterocycles. The van der Waals surface area contributed by atoms with Gasteiger partial charge in [-0.25, -0.2) is 9.78 Å². The molecule has 23 heavy (non-hydrogen) atoms. The first-order chi connectivity index (χ1) is 11.1. The molecule has 9 heteroatoms. The normalized spacial score (nSPS) is 15.0. The highest BCUT2D eigenvalue weighted by Crippen LogP contribution is 2.08. The lowest BCUT2D eigenvalue weighted by atomic mass is 10.3. The first kappa shape index (κ1) is 17.2. The lowest BCUT2D eigenvalue weighted by molar-refractivity contribution is -0.124. The first-order valence-electron chi connectivity index (χ1n) is 7.61. The van der Waals surface area contributed by atoms with Crippen molar-refractivity contribution >= 4 is 29.2 Å². The molecule has 8 nitrogen and oxygen atoms in total. The molecule has 0 bridgehead atoms. The molecule has 0 radical (unpaired) electrons. The number of thiazole rings is 1. The predicted molar refractivity (Wildman–Crippen MR) is 89.6 cm³/mol. The number of guanidine groups is 1. The van der Waals surface area contributed by atoms with E-state index < -0.39 is 0 Å². The quantitative estimate of drug-likeness (QED) is 0.372. The van der Waals surface area contributed by atoms with Crippen LogP contribution in [0.4, 0.5) is 4.79 Å². The monoisotopic (exact) mass is 338 g/mol. The molecular weight excluding hydrogens is 316 g/mol. The highest BCUT2D eigenvalue weighted by molar-refractivity contribution is 7.09. The van der Waals surface area contributed by atoms with Gasteiger partial charge in [-0.05, 0) is 13.8 Å². The molecule has 3 N–H and O–H groups in total. The number of imide groups is 1. The summed E-state index contributed by atoms with van der Waals surface area (Å²) < 4.78 is 0. The molecule has 0 aliphatic carbocycles. The number of hydrogen-bond acceptors (Lipinski definition) is 5. The second-order valence-corrected chi connectivity index (χ2v) is 6.06. The van der Waals surface area contributed by atoms with Crippen LogP contribution < -0.4 is 16.0 Å². The third kappa shape index (κ3) is 5.20. The number of aromatic nitrogens is 1. The number of carbonyl (C=O) groups is 2. The van der Waals surface area contributed by atoms with Crippen molar-refractivity contribution in [3.63, 3.8) is 0 Å². The molecule has 0 atom stereocenters. The Labute approximate surface area is 139 Å². The summed E-state index contributed by atoms with van der Waals surface area (Å²) in [4.78, 5) is 33.0. The van der Waals surface area contributed by atoms with Crippen LogP contribution in [0.5, 0.6) is 0 Å². The van der Waals surface area contributed by atoms with Gasteiger partial charge in [-0.3, -0.25) is 14.7 Å². The van der Waals surface area contributed by atoms with Crippen molar-refractivity contribution in [1.29, 1.82) is 0 Å². The fourth-order valence-corrected chi connectivity index (χ4v) is 2.76. The number of rotatable bonds is 7. The summed E-state index contributed by atoms with van der Waals surface area (Å²) in [5, 5.41) is 11.9. The van der Waals surface area contributed by atoms with Gasteiger partial charge < -0.3 is 16.0 Å². The Kier molecular flexibility index (Phi) is 6.33. The number of carbonyl (C=O) groups excluding carboxylic acids is 2. The average molecular weight is 338 g/mol. The smallest absolute Gasteiger partial charge is 0.324 e. The Morgan fingerprint density at radius 1 is 1.48 bits per heavy atom. The zero-order valence-electron chi connectivity index (χ0n) is 13.4. The van der Waals surface area contributed by atoms with E-state index in [1.165, 1.54) is 4.90 Å². The zero-order valence-corrected chi connectivity index (χ0v) is 14.2. The van der Waals surface area contributed by atoms with E-state index in [9.17, 15) is 9.59 Å². The van der Waals surface area contributed by atoms with Crippen molar-refractivity contribution in [3.05, 3.63) is 16.1 Å². The van der Waals surface area contributed by atoms with E-state index in [0.717, 1.165) is 23.7 Å². The van der Waals surface area contributed by atoms with Crippen LogP contribution in [0.1, 0.15) is 17.6 Å². The van der Waals surface area contributed by atoms with Crippen LogP contribution in [0.2, 0.25) is 0 Å². The van der Waals surface area contributed by atoms with Gasteiger partial charge in [-0.15, -0.1) is 11.3 Å². The number of aryl methyl sites for hydroxylation is 1. The number of hydrogen-bond donors (Lipinski definition) is 3. The van der Waals surface area contributed by atoms with E-state index in [1.54, 1.807) is 11.3 Å². The van der Waals surface area contributed by atoms with Gasteiger partial charge in [-0.1, -0.05) is 0 Å². The van der Waals surface area contributed by atoms with E-state index in [-0.39, 0.29) is 18.5 Å². The van der Waals surface area contributed by atoms with Crippen LogP contribution in [0.3, 0.4) is 0 Å². The minimum Gasteiger partial charge on any atom is -0.357 e. The minimum atomic E-state index is -0.336. The Balaban J connectivity index is 1.77. The molecule has 3 amide bonds. The molecule has 2 rings (SSSR count). The summed E-state index contributed by atoms with van der Waals surface area (Å²) in [7, 11) is 0. The van der Waals surface area contributed by atoms with E-state index in [4.69, 9.17) is 0 Å². The predicted octanol–water partition coefficient (Wildman–Crippen LogP) is 0.101. The summed E-state index contributed by atoms with van der Waals surface area (Å²) in [6, 6.07) is -0.336. The van der Waals surface area contributed by atoms with Crippen molar-refractivity contribution in [3.8, 4) is 0 Å². The molecule has 1 aromatic rings. The second kappa shape index (κ2) is 8.47. The maximum absolute atomic E-state index is 11.5. The second-order valence-electron chi connectivity index (χ2n) is 5.00. The van der Waals surface area contributed by atoms with Crippen molar-refractivity contribution in [2.45, 2.75) is 20.3 Å². The largest absolute Gasteiger partial charge is 0.357 e. The molecule has 1 aliphatic rings. The van der Waals surface area contributed by atoms with E-state index in [2.05, 4.69) is 25.9 Å². The lowest BCUT2D eigenvalue weighted by Gasteiger charge is -2.15. The van der Waals surface area contributed by atoms with Gasteiger partial charge in [0, 0.05) is 38.0 Å². The van der Waals surface area contributed by atoms with E-state index in [1.807, 2.05) is 19.2 Å². The SMILES string of the molecule is CCNC(=NCCc1csc(C)n1)NCCN1C(=O)CNC1=O. The average Bonchev–Trinajstić information content (AvgIpc) is 3.07.